The van der Waals surface area contributed by atoms with Gasteiger partial charge in [-0.3, -0.25) is 4.79 Å². The zero-order valence-electron chi connectivity index (χ0n) is 12.3. The van der Waals surface area contributed by atoms with E-state index in [0.29, 0.717) is 17.8 Å². The predicted molar refractivity (Wildman–Crippen MR) is 87.7 cm³/mol. The Morgan fingerprint density at radius 2 is 2.10 bits per heavy atom. The molecule has 0 saturated heterocycles. The molecule has 1 rings (SSSR count). The van der Waals surface area contributed by atoms with Crippen LogP contribution < -0.4 is 11.1 Å². The van der Waals surface area contributed by atoms with Crippen molar-refractivity contribution in [1.82, 2.24) is 10.3 Å². The highest BCUT2D eigenvalue weighted by Crippen LogP contribution is 2.32. The first-order chi connectivity index (χ1) is 9.47. The number of thiazole rings is 1. The molecule has 0 aliphatic carbocycles. The van der Waals surface area contributed by atoms with E-state index in [1.807, 2.05) is 26.2 Å². The van der Waals surface area contributed by atoms with Crippen LogP contribution in [-0.2, 0) is 4.79 Å². The largest absolute Gasteiger partial charge is 0.392 e. The maximum absolute atomic E-state index is 12.7. The Balaban J connectivity index is 2.90. The zero-order valence-corrected chi connectivity index (χ0v) is 13.9. The molecule has 1 aromatic rings. The van der Waals surface area contributed by atoms with Crippen LogP contribution in [0.1, 0.15) is 57.5 Å². The molecule has 4 nitrogen and oxygen atoms in total. The molecule has 0 spiro atoms. The second kappa shape index (κ2) is 7.69. The number of thiocarbonyl (C=S) groups is 1. The van der Waals surface area contributed by atoms with Gasteiger partial charge in [0, 0.05) is 11.6 Å². The van der Waals surface area contributed by atoms with Crippen molar-refractivity contribution >= 4 is 34.5 Å². The van der Waals surface area contributed by atoms with Crippen molar-refractivity contribution in [2.24, 2.45) is 11.1 Å². The number of rotatable bonds is 8. The molecule has 0 bridgehead atoms. The predicted octanol–water partition coefficient (Wildman–Crippen LogP) is 3.19. The maximum atomic E-state index is 12.7. The molecular weight excluding hydrogens is 290 g/mol. The monoisotopic (exact) mass is 313 g/mol. The van der Waals surface area contributed by atoms with Gasteiger partial charge in [0.1, 0.15) is 5.01 Å². The fraction of sp³-hybridized carbons (Fsp3) is 0.643. The van der Waals surface area contributed by atoms with E-state index in [-0.39, 0.29) is 11.9 Å². The summed E-state index contributed by atoms with van der Waals surface area (Å²) in [6.07, 6.45) is 4.85. The molecule has 1 amide bonds. The summed E-state index contributed by atoms with van der Waals surface area (Å²) in [6, 6.07) is -0.120. The molecule has 1 atom stereocenters. The molecule has 0 aromatic carbocycles. The van der Waals surface area contributed by atoms with Crippen molar-refractivity contribution in [3.8, 4) is 0 Å². The van der Waals surface area contributed by atoms with Crippen LogP contribution in [0.3, 0.4) is 0 Å². The van der Waals surface area contributed by atoms with E-state index in [1.165, 1.54) is 11.3 Å². The summed E-state index contributed by atoms with van der Waals surface area (Å²) in [5.41, 5.74) is 5.16. The number of nitrogens with two attached hydrogens (primary N) is 1. The van der Waals surface area contributed by atoms with Crippen molar-refractivity contribution in [3.63, 3.8) is 0 Å². The molecule has 0 aliphatic heterocycles. The number of hydrogen-bond donors (Lipinski definition) is 2. The highest BCUT2D eigenvalue weighted by molar-refractivity contribution is 7.80. The highest BCUT2D eigenvalue weighted by Gasteiger charge is 2.40. The number of nitrogens with one attached hydrogen (secondary N) is 1. The number of nitrogens with zero attached hydrogens (tertiary/aromatic N) is 1. The third kappa shape index (κ3) is 3.76. The molecule has 112 valence electrons. The summed E-state index contributed by atoms with van der Waals surface area (Å²) in [6.45, 7) is 6.01. The highest BCUT2D eigenvalue weighted by atomic mass is 32.1. The van der Waals surface area contributed by atoms with Gasteiger partial charge in [-0.05, 0) is 19.8 Å². The van der Waals surface area contributed by atoms with Gasteiger partial charge in [0.15, 0.2) is 0 Å². The number of aromatic nitrogens is 1. The van der Waals surface area contributed by atoms with Gasteiger partial charge in [-0.2, -0.15) is 0 Å². The van der Waals surface area contributed by atoms with Crippen LogP contribution in [0.25, 0.3) is 0 Å². The molecule has 0 aliphatic rings. The first-order valence-corrected chi connectivity index (χ1v) is 8.27. The summed E-state index contributed by atoms with van der Waals surface area (Å²) < 4.78 is 0. The summed E-state index contributed by atoms with van der Waals surface area (Å²) in [7, 11) is 0. The Bertz CT molecular complexity index is 439. The molecule has 1 aromatic heterocycles. The lowest BCUT2D eigenvalue weighted by Crippen LogP contribution is -2.49. The van der Waals surface area contributed by atoms with E-state index in [1.54, 1.807) is 6.20 Å². The summed E-state index contributed by atoms with van der Waals surface area (Å²) in [4.78, 5) is 17.2. The molecule has 20 heavy (non-hydrogen) atoms. The minimum absolute atomic E-state index is 0.0728. The SMILES string of the molecule is CCCC(CCC)(C(=O)NC(C)c1nccs1)C(N)=S. The minimum atomic E-state index is -0.732. The van der Waals surface area contributed by atoms with Crippen LogP contribution in [0, 0.1) is 5.41 Å². The number of carbonyl (C=O) groups excluding carboxylic acids is 1. The van der Waals surface area contributed by atoms with Crippen LogP contribution >= 0.6 is 23.6 Å². The van der Waals surface area contributed by atoms with Gasteiger partial charge in [0.2, 0.25) is 5.91 Å². The van der Waals surface area contributed by atoms with Crippen molar-refractivity contribution in [1.29, 1.82) is 0 Å². The molecule has 3 N–H and O–H groups in total. The Morgan fingerprint density at radius 3 is 2.50 bits per heavy atom. The Kier molecular flexibility index (Phi) is 6.55. The van der Waals surface area contributed by atoms with Gasteiger partial charge in [-0.1, -0.05) is 38.9 Å². The molecule has 1 heterocycles. The van der Waals surface area contributed by atoms with E-state index in [0.717, 1.165) is 17.8 Å². The van der Waals surface area contributed by atoms with E-state index in [2.05, 4.69) is 10.3 Å². The molecular formula is C14H23N3OS2. The third-order valence-electron chi connectivity index (χ3n) is 3.43. The van der Waals surface area contributed by atoms with Gasteiger partial charge >= 0.3 is 0 Å². The zero-order chi connectivity index (χ0) is 15.2. The number of carbonyl (C=O) groups is 1. The van der Waals surface area contributed by atoms with Gasteiger partial charge in [-0.25, -0.2) is 4.98 Å². The smallest absolute Gasteiger partial charge is 0.233 e. The fourth-order valence-corrected chi connectivity index (χ4v) is 3.35. The third-order valence-corrected chi connectivity index (χ3v) is 4.78. The normalized spacial score (nSPS) is 12.9. The van der Waals surface area contributed by atoms with Crippen molar-refractivity contribution in [2.45, 2.75) is 52.5 Å². The molecule has 0 saturated carbocycles. The van der Waals surface area contributed by atoms with Crippen molar-refractivity contribution < 1.29 is 4.79 Å². The van der Waals surface area contributed by atoms with Crippen LogP contribution in [0.2, 0.25) is 0 Å². The number of hydrogen-bond acceptors (Lipinski definition) is 4. The first kappa shape index (κ1) is 17.0. The van der Waals surface area contributed by atoms with Crippen molar-refractivity contribution in [2.75, 3.05) is 0 Å². The average molecular weight is 313 g/mol. The Labute approximate surface area is 130 Å². The summed E-state index contributed by atoms with van der Waals surface area (Å²) in [5.74, 6) is -0.0728. The average Bonchev–Trinajstić information content (AvgIpc) is 2.91. The van der Waals surface area contributed by atoms with Crippen LogP contribution in [-0.4, -0.2) is 15.9 Å². The maximum Gasteiger partial charge on any atom is 0.233 e. The Hall–Kier alpha value is -1.01. The van der Waals surface area contributed by atoms with Crippen LogP contribution in [0.15, 0.2) is 11.6 Å². The lowest BCUT2D eigenvalue weighted by atomic mass is 9.78. The first-order valence-electron chi connectivity index (χ1n) is 6.98. The minimum Gasteiger partial charge on any atom is -0.392 e. The molecule has 0 fully saturated rings. The van der Waals surface area contributed by atoms with Crippen molar-refractivity contribution in [3.05, 3.63) is 16.6 Å². The quantitative estimate of drug-likeness (QED) is 0.723. The van der Waals surface area contributed by atoms with E-state index in [4.69, 9.17) is 18.0 Å². The van der Waals surface area contributed by atoms with E-state index >= 15 is 0 Å². The lowest BCUT2D eigenvalue weighted by molar-refractivity contribution is -0.128. The molecule has 0 radical (unpaired) electrons. The topological polar surface area (TPSA) is 68.0 Å². The van der Waals surface area contributed by atoms with E-state index in [9.17, 15) is 4.79 Å². The van der Waals surface area contributed by atoms with Gasteiger partial charge in [0.05, 0.1) is 16.4 Å². The molecule has 6 heteroatoms. The van der Waals surface area contributed by atoms with Gasteiger partial charge in [-0.15, -0.1) is 11.3 Å². The number of amides is 1. The van der Waals surface area contributed by atoms with Gasteiger partial charge < -0.3 is 11.1 Å². The summed E-state index contributed by atoms with van der Waals surface area (Å²) in [5, 5.41) is 5.81. The van der Waals surface area contributed by atoms with E-state index < -0.39 is 5.41 Å². The second-order valence-corrected chi connectivity index (χ2v) is 6.38. The van der Waals surface area contributed by atoms with Gasteiger partial charge in [0.25, 0.3) is 0 Å². The molecule has 1 unspecified atom stereocenters. The standard InChI is InChI=1S/C14H23N3OS2/c1-4-6-14(7-5-2,12(15)19)13(18)17-10(3)11-16-8-9-20-11/h8-10H,4-7H2,1-3H3,(H2,15,19)(H,17,18). The second-order valence-electron chi connectivity index (χ2n) is 5.01. The Morgan fingerprint density at radius 1 is 1.50 bits per heavy atom. The van der Waals surface area contributed by atoms with Crippen LogP contribution in [0.4, 0.5) is 0 Å². The fourth-order valence-electron chi connectivity index (χ4n) is 2.41. The lowest BCUT2D eigenvalue weighted by Gasteiger charge is -2.32. The van der Waals surface area contributed by atoms with Crippen LogP contribution in [0.5, 0.6) is 0 Å². The summed E-state index contributed by atoms with van der Waals surface area (Å²) >= 11 is 6.72.